The van der Waals surface area contributed by atoms with Crippen molar-refractivity contribution in [2.24, 2.45) is 5.92 Å². The second kappa shape index (κ2) is 8.27. The van der Waals surface area contributed by atoms with Gasteiger partial charge in [-0.25, -0.2) is 9.69 Å². The summed E-state index contributed by atoms with van der Waals surface area (Å²) in [5.41, 5.74) is 0.352. The van der Waals surface area contributed by atoms with Gasteiger partial charge >= 0.3 is 6.09 Å². The number of hydrogen-bond donors (Lipinski definition) is 1. The maximum atomic E-state index is 13.1. The first-order valence-electron chi connectivity index (χ1n) is 8.30. The van der Waals surface area contributed by atoms with Crippen molar-refractivity contribution < 1.29 is 33.6 Å². The molecule has 8 heteroatoms. The Labute approximate surface area is 152 Å². The quantitative estimate of drug-likeness (QED) is 0.785. The largest absolute Gasteiger partial charge is 0.496 e. The predicted molar refractivity (Wildman–Crippen MR) is 92.7 cm³/mol. The number of ether oxygens (including phenoxy) is 4. The van der Waals surface area contributed by atoms with Crippen LogP contribution in [0.2, 0.25) is 0 Å². The molecule has 0 aromatic heterocycles. The summed E-state index contributed by atoms with van der Waals surface area (Å²) in [6.07, 6.45) is -0.710. The maximum absolute atomic E-state index is 13.1. The molecule has 0 saturated carbocycles. The molecule has 0 unspecified atom stereocenters. The van der Waals surface area contributed by atoms with Crippen LogP contribution >= 0.6 is 0 Å². The zero-order chi connectivity index (χ0) is 19.4. The topological polar surface area (TPSA) is 94.5 Å². The Balaban J connectivity index is 2.51. The molecule has 2 rings (SSSR count). The summed E-state index contributed by atoms with van der Waals surface area (Å²) in [6.45, 7) is 3.41. The summed E-state index contributed by atoms with van der Waals surface area (Å²) in [5.74, 6) is -0.464. The van der Waals surface area contributed by atoms with E-state index < -0.39 is 24.5 Å². The Hall–Kier alpha value is -2.48. The molecular formula is C18H25NO7. The molecule has 1 N–H and O–H groups in total. The molecule has 1 saturated heterocycles. The Bertz CT molecular complexity index is 648. The lowest BCUT2D eigenvalue weighted by Crippen LogP contribution is -2.45. The van der Waals surface area contributed by atoms with Gasteiger partial charge in [-0.3, -0.25) is 4.79 Å². The van der Waals surface area contributed by atoms with Crippen LogP contribution < -0.4 is 14.2 Å². The van der Waals surface area contributed by atoms with Crippen LogP contribution in [0.4, 0.5) is 4.79 Å². The van der Waals surface area contributed by atoms with Crippen LogP contribution in [-0.2, 0) is 9.53 Å². The highest BCUT2D eigenvalue weighted by Gasteiger charge is 2.43. The van der Waals surface area contributed by atoms with Crippen molar-refractivity contribution in [3.8, 4) is 17.2 Å². The fourth-order valence-electron chi connectivity index (χ4n) is 3.02. The van der Waals surface area contributed by atoms with Crippen molar-refractivity contribution in [1.82, 2.24) is 4.90 Å². The summed E-state index contributed by atoms with van der Waals surface area (Å²) in [4.78, 5) is 26.3. The van der Waals surface area contributed by atoms with Gasteiger partial charge in [-0.1, -0.05) is 13.8 Å². The van der Waals surface area contributed by atoms with Crippen LogP contribution in [0.15, 0.2) is 12.1 Å². The van der Waals surface area contributed by atoms with Crippen LogP contribution in [0, 0.1) is 5.92 Å². The van der Waals surface area contributed by atoms with E-state index in [1.54, 1.807) is 12.1 Å². The van der Waals surface area contributed by atoms with Crippen molar-refractivity contribution in [1.29, 1.82) is 0 Å². The van der Waals surface area contributed by atoms with E-state index in [2.05, 4.69) is 0 Å². The number of cyclic esters (lactones) is 1. The molecule has 0 radical (unpaired) electrons. The SMILES string of the molecule is COc1cc(OC)c([C@@H](CO)C(=O)N2C(=O)OC[C@H]2C(C)C)c(OC)c1. The van der Waals surface area contributed by atoms with E-state index in [0.29, 0.717) is 22.8 Å². The molecule has 0 bridgehead atoms. The predicted octanol–water partition coefficient (Wildman–Crippen LogP) is 1.79. The number of amides is 2. The van der Waals surface area contributed by atoms with Gasteiger partial charge in [-0.05, 0) is 5.92 Å². The lowest BCUT2D eigenvalue weighted by Gasteiger charge is -2.27. The Morgan fingerprint density at radius 3 is 2.23 bits per heavy atom. The standard InChI is InChI=1S/C18H25NO7/c1-10(2)13-9-26-18(22)19(13)17(21)12(8-20)16-14(24-4)6-11(23-3)7-15(16)25-5/h6-7,10,12-13,20H,8-9H2,1-5H3/t12-,13+/m1/s1. The minimum Gasteiger partial charge on any atom is -0.496 e. The van der Waals surface area contributed by atoms with Gasteiger partial charge in [0.2, 0.25) is 5.91 Å². The number of imide groups is 1. The molecule has 2 atom stereocenters. The molecule has 1 aliphatic rings. The number of nitrogens with zero attached hydrogens (tertiary/aromatic N) is 1. The molecular weight excluding hydrogens is 342 g/mol. The summed E-state index contributed by atoms with van der Waals surface area (Å²) < 4.78 is 21.0. The van der Waals surface area contributed by atoms with Gasteiger partial charge in [0.05, 0.1) is 45.5 Å². The first-order valence-corrected chi connectivity index (χ1v) is 8.30. The number of hydrogen-bond acceptors (Lipinski definition) is 7. The molecule has 0 aliphatic carbocycles. The zero-order valence-electron chi connectivity index (χ0n) is 15.6. The van der Waals surface area contributed by atoms with Crippen molar-refractivity contribution in [3.63, 3.8) is 0 Å². The Morgan fingerprint density at radius 2 is 1.81 bits per heavy atom. The van der Waals surface area contributed by atoms with Crippen molar-refractivity contribution in [3.05, 3.63) is 17.7 Å². The second-order valence-corrected chi connectivity index (χ2v) is 6.28. The fourth-order valence-corrected chi connectivity index (χ4v) is 3.02. The third kappa shape index (κ3) is 3.55. The first-order chi connectivity index (χ1) is 12.4. The average Bonchev–Trinajstić information content (AvgIpc) is 3.03. The first kappa shape index (κ1) is 19.8. The van der Waals surface area contributed by atoms with Crippen LogP contribution in [0.5, 0.6) is 17.2 Å². The number of rotatable bonds is 7. The van der Waals surface area contributed by atoms with E-state index >= 15 is 0 Å². The minimum atomic E-state index is -1.04. The summed E-state index contributed by atoms with van der Waals surface area (Å²) >= 11 is 0. The van der Waals surface area contributed by atoms with Crippen LogP contribution in [0.25, 0.3) is 0 Å². The highest BCUT2D eigenvalue weighted by atomic mass is 16.6. The summed E-state index contributed by atoms with van der Waals surface area (Å²) in [6, 6.07) is 2.80. The van der Waals surface area contributed by atoms with E-state index in [1.165, 1.54) is 21.3 Å². The number of methoxy groups -OCH3 is 3. The molecule has 2 amide bonds. The van der Waals surface area contributed by atoms with Crippen molar-refractivity contribution in [2.45, 2.75) is 25.8 Å². The fraction of sp³-hybridized carbons (Fsp3) is 0.556. The molecule has 1 aromatic carbocycles. The van der Waals surface area contributed by atoms with E-state index in [-0.39, 0.29) is 18.6 Å². The highest BCUT2D eigenvalue weighted by molar-refractivity contribution is 5.98. The number of aliphatic hydroxyl groups is 1. The zero-order valence-corrected chi connectivity index (χ0v) is 15.6. The Morgan fingerprint density at radius 1 is 1.23 bits per heavy atom. The monoisotopic (exact) mass is 367 g/mol. The minimum absolute atomic E-state index is 0.0180. The van der Waals surface area contributed by atoms with Gasteiger partial charge in [0.25, 0.3) is 0 Å². The average molecular weight is 367 g/mol. The van der Waals surface area contributed by atoms with Gasteiger partial charge in [0, 0.05) is 12.1 Å². The van der Waals surface area contributed by atoms with E-state index in [1.807, 2.05) is 13.8 Å². The van der Waals surface area contributed by atoms with Gasteiger partial charge in [0.15, 0.2) is 0 Å². The molecule has 1 aliphatic heterocycles. The van der Waals surface area contributed by atoms with Crippen LogP contribution in [-0.4, -0.2) is 62.6 Å². The van der Waals surface area contributed by atoms with Crippen LogP contribution in [0.3, 0.4) is 0 Å². The van der Waals surface area contributed by atoms with Gasteiger partial charge < -0.3 is 24.1 Å². The molecule has 1 aromatic rings. The van der Waals surface area contributed by atoms with Gasteiger partial charge in [0.1, 0.15) is 23.9 Å². The van der Waals surface area contributed by atoms with Crippen molar-refractivity contribution in [2.75, 3.05) is 34.5 Å². The number of benzene rings is 1. The number of aliphatic hydroxyl groups excluding tert-OH is 1. The highest BCUT2D eigenvalue weighted by Crippen LogP contribution is 2.40. The molecule has 1 heterocycles. The third-order valence-corrected chi connectivity index (χ3v) is 4.50. The number of carbonyl (C=O) groups is 2. The third-order valence-electron chi connectivity index (χ3n) is 4.50. The molecule has 8 nitrogen and oxygen atoms in total. The van der Waals surface area contributed by atoms with E-state index in [4.69, 9.17) is 18.9 Å². The lowest BCUT2D eigenvalue weighted by molar-refractivity contribution is -0.132. The molecule has 0 spiro atoms. The lowest BCUT2D eigenvalue weighted by atomic mass is 9.94. The summed E-state index contributed by atoms with van der Waals surface area (Å²) in [5, 5.41) is 9.95. The van der Waals surface area contributed by atoms with Gasteiger partial charge in [-0.15, -0.1) is 0 Å². The molecule has 1 fully saturated rings. The second-order valence-electron chi connectivity index (χ2n) is 6.28. The summed E-state index contributed by atoms with van der Waals surface area (Å²) in [7, 11) is 4.38. The molecule has 144 valence electrons. The molecule has 26 heavy (non-hydrogen) atoms. The van der Waals surface area contributed by atoms with Crippen LogP contribution in [0.1, 0.15) is 25.3 Å². The van der Waals surface area contributed by atoms with E-state index in [9.17, 15) is 14.7 Å². The normalized spacial score (nSPS) is 17.9. The maximum Gasteiger partial charge on any atom is 0.417 e. The van der Waals surface area contributed by atoms with Gasteiger partial charge in [-0.2, -0.15) is 0 Å². The smallest absolute Gasteiger partial charge is 0.417 e. The Kier molecular flexibility index (Phi) is 6.31. The van der Waals surface area contributed by atoms with Crippen molar-refractivity contribution >= 4 is 12.0 Å². The number of carbonyl (C=O) groups excluding carboxylic acids is 2. The van der Waals surface area contributed by atoms with E-state index in [0.717, 1.165) is 4.90 Å².